The molecule has 0 fully saturated rings. The predicted octanol–water partition coefficient (Wildman–Crippen LogP) is 4.07. The van der Waals surface area contributed by atoms with Gasteiger partial charge in [-0.15, -0.1) is 11.3 Å². The summed E-state index contributed by atoms with van der Waals surface area (Å²) in [6.07, 6.45) is 5.56. The molecule has 1 aliphatic rings. The number of benzene rings is 1. The van der Waals surface area contributed by atoms with Crippen LogP contribution >= 0.6 is 22.9 Å². The van der Waals surface area contributed by atoms with Gasteiger partial charge in [0.1, 0.15) is 5.01 Å². The van der Waals surface area contributed by atoms with Gasteiger partial charge in [-0.1, -0.05) is 35.9 Å². The molecular weight excluding hydrogens is 280 g/mol. The van der Waals surface area contributed by atoms with Crippen molar-refractivity contribution in [1.82, 2.24) is 10.0 Å². The second-order valence-electron chi connectivity index (χ2n) is 4.15. The summed E-state index contributed by atoms with van der Waals surface area (Å²) in [7, 11) is 0. The number of allylic oxidation sites excluding steroid dienone is 2. The topological polar surface area (TPSA) is 36.4 Å². The Kier molecular flexibility index (Phi) is 3.38. The van der Waals surface area contributed by atoms with E-state index in [2.05, 4.69) is 4.98 Å². The van der Waals surface area contributed by atoms with Crippen molar-refractivity contribution in [1.29, 1.82) is 0 Å². The lowest BCUT2D eigenvalue weighted by atomic mass is 10.2. The van der Waals surface area contributed by atoms with Gasteiger partial charge < -0.3 is 0 Å². The SMILES string of the molecule is ON1C=C(c2nc(-c3ccc(Cl)cc3)cs2)C=CC1. The molecule has 0 radical (unpaired) electrons. The summed E-state index contributed by atoms with van der Waals surface area (Å²) in [6.45, 7) is 0.513. The maximum absolute atomic E-state index is 9.46. The molecule has 0 bridgehead atoms. The summed E-state index contributed by atoms with van der Waals surface area (Å²) < 4.78 is 0. The van der Waals surface area contributed by atoms with E-state index in [0.717, 1.165) is 26.9 Å². The minimum absolute atomic E-state index is 0.513. The smallest absolute Gasteiger partial charge is 0.125 e. The molecule has 96 valence electrons. The third-order valence-corrected chi connectivity index (χ3v) is 3.91. The quantitative estimate of drug-likeness (QED) is 0.906. The van der Waals surface area contributed by atoms with Crippen LogP contribution in [0.5, 0.6) is 0 Å². The highest BCUT2D eigenvalue weighted by atomic mass is 35.5. The molecule has 0 aliphatic carbocycles. The summed E-state index contributed by atoms with van der Waals surface area (Å²) in [5.74, 6) is 0. The lowest BCUT2D eigenvalue weighted by Gasteiger charge is -2.14. The molecule has 19 heavy (non-hydrogen) atoms. The summed E-state index contributed by atoms with van der Waals surface area (Å²) in [5, 5.41) is 14.2. The van der Waals surface area contributed by atoms with Crippen LogP contribution in [0.2, 0.25) is 5.02 Å². The molecule has 0 atom stereocenters. The normalized spacial score (nSPS) is 14.6. The van der Waals surface area contributed by atoms with Crippen LogP contribution in [0.1, 0.15) is 5.01 Å². The van der Waals surface area contributed by atoms with E-state index in [9.17, 15) is 5.21 Å². The van der Waals surface area contributed by atoms with E-state index in [4.69, 9.17) is 11.6 Å². The zero-order chi connectivity index (χ0) is 13.2. The minimum atomic E-state index is 0.513. The van der Waals surface area contributed by atoms with Gasteiger partial charge in [0.25, 0.3) is 0 Å². The lowest BCUT2D eigenvalue weighted by Crippen LogP contribution is -2.14. The average molecular weight is 291 g/mol. The Morgan fingerprint density at radius 2 is 2.05 bits per heavy atom. The van der Waals surface area contributed by atoms with E-state index in [1.54, 1.807) is 17.5 Å². The van der Waals surface area contributed by atoms with Gasteiger partial charge in [-0.05, 0) is 12.1 Å². The van der Waals surface area contributed by atoms with Crippen LogP contribution in [-0.4, -0.2) is 21.8 Å². The van der Waals surface area contributed by atoms with E-state index < -0.39 is 0 Å². The molecule has 0 saturated carbocycles. The number of nitrogens with zero attached hydrogens (tertiary/aromatic N) is 2. The summed E-state index contributed by atoms with van der Waals surface area (Å²) >= 11 is 7.43. The van der Waals surface area contributed by atoms with Crippen molar-refractivity contribution in [2.45, 2.75) is 0 Å². The Balaban J connectivity index is 1.91. The van der Waals surface area contributed by atoms with Crippen LogP contribution in [0.25, 0.3) is 16.8 Å². The standard InChI is InChI=1S/C14H11ClN2OS/c15-12-5-3-10(4-6-12)13-9-19-14(16-13)11-2-1-7-17(18)8-11/h1-6,8-9,18H,7H2. The monoisotopic (exact) mass is 290 g/mol. The first-order valence-electron chi connectivity index (χ1n) is 5.78. The van der Waals surface area contributed by atoms with Crippen LogP contribution in [0.3, 0.4) is 0 Å². The highest BCUT2D eigenvalue weighted by molar-refractivity contribution is 7.11. The van der Waals surface area contributed by atoms with Crippen molar-refractivity contribution in [3.63, 3.8) is 0 Å². The molecule has 0 unspecified atom stereocenters. The molecule has 1 aliphatic heterocycles. The summed E-state index contributed by atoms with van der Waals surface area (Å²) in [6, 6.07) is 7.60. The Bertz CT molecular complexity index is 646. The number of thiazole rings is 1. The maximum atomic E-state index is 9.46. The van der Waals surface area contributed by atoms with Gasteiger partial charge in [-0.25, -0.2) is 4.98 Å². The fourth-order valence-corrected chi connectivity index (χ4v) is 2.78. The number of halogens is 1. The van der Waals surface area contributed by atoms with Gasteiger partial charge in [-0.3, -0.25) is 10.3 Å². The van der Waals surface area contributed by atoms with E-state index in [1.165, 1.54) is 0 Å². The van der Waals surface area contributed by atoms with Gasteiger partial charge >= 0.3 is 0 Å². The zero-order valence-electron chi connectivity index (χ0n) is 9.95. The highest BCUT2D eigenvalue weighted by Gasteiger charge is 2.10. The molecule has 1 aromatic heterocycles. The molecule has 0 spiro atoms. The van der Waals surface area contributed by atoms with Crippen LogP contribution in [0.15, 0.2) is 48.0 Å². The van der Waals surface area contributed by atoms with Crippen molar-refractivity contribution in [2.24, 2.45) is 0 Å². The second kappa shape index (κ2) is 5.17. The zero-order valence-corrected chi connectivity index (χ0v) is 11.5. The largest absolute Gasteiger partial charge is 0.289 e. The van der Waals surface area contributed by atoms with E-state index in [0.29, 0.717) is 11.6 Å². The van der Waals surface area contributed by atoms with Crippen molar-refractivity contribution in [2.75, 3.05) is 6.54 Å². The molecular formula is C14H11ClN2OS. The van der Waals surface area contributed by atoms with Gasteiger partial charge in [-0.2, -0.15) is 0 Å². The fourth-order valence-electron chi connectivity index (χ4n) is 1.83. The third-order valence-electron chi connectivity index (χ3n) is 2.77. The number of aromatic nitrogens is 1. The lowest BCUT2D eigenvalue weighted by molar-refractivity contribution is -0.0294. The second-order valence-corrected chi connectivity index (χ2v) is 5.45. The van der Waals surface area contributed by atoms with Gasteiger partial charge in [0.05, 0.1) is 12.2 Å². The van der Waals surface area contributed by atoms with Gasteiger partial charge in [0.2, 0.25) is 0 Å². The van der Waals surface area contributed by atoms with Crippen LogP contribution in [0, 0.1) is 0 Å². The Morgan fingerprint density at radius 3 is 2.79 bits per heavy atom. The first-order valence-corrected chi connectivity index (χ1v) is 7.04. The predicted molar refractivity (Wildman–Crippen MR) is 78.2 cm³/mol. The molecule has 3 rings (SSSR count). The maximum Gasteiger partial charge on any atom is 0.125 e. The Labute approximate surface area is 120 Å². The number of hydrogen-bond donors (Lipinski definition) is 1. The molecule has 2 heterocycles. The van der Waals surface area contributed by atoms with Crippen molar-refractivity contribution in [3.8, 4) is 11.3 Å². The molecule has 3 nitrogen and oxygen atoms in total. The fraction of sp³-hybridized carbons (Fsp3) is 0.0714. The molecule has 1 N–H and O–H groups in total. The molecule has 0 amide bonds. The number of hydrogen-bond acceptors (Lipinski definition) is 4. The van der Waals surface area contributed by atoms with Crippen molar-refractivity contribution < 1.29 is 5.21 Å². The number of hydroxylamine groups is 2. The summed E-state index contributed by atoms with van der Waals surface area (Å²) in [5.41, 5.74) is 2.87. The van der Waals surface area contributed by atoms with Crippen molar-refractivity contribution >= 4 is 28.5 Å². The van der Waals surface area contributed by atoms with Crippen LogP contribution < -0.4 is 0 Å². The molecule has 0 saturated heterocycles. The van der Waals surface area contributed by atoms with Gasteiger partial charge in [0, 0.05) is 27.7 Å². The van der Waals surface area contributed by atoms with Crippen LogP contribution in [0.4, 0.5) is 0 Å². The van der Waals surface area contributed by atoms with Crippen LogP contribution in [-0.2, 0) is 0 Å². The first-order chi connectivity index (χ1) is 9.22. The van der Waals surface area contributed by atoms with E-state index in [-0.39, 0.29) is 0 Å². The summed E-state index contributed by atoms with van der Waals surface area (Å²) in [4.78, 5) is 4.59. The van der Waals surface area contributed by atoms with E-state index >= 15 is 0 Å². The minimum Gasteiger partial charge on any atom is -0.289 e. The highest BCUT2D eigenvalue weighted by Crippen LogP contribution is 2.28. The molecule has 2 aromatic rings. The molecule has 1 aromatic carbocycles. The Morgan fingerprint density at radius 1 is 1.26 bits per heavy atom. The Hall–Kier alpha value is -1.62. The van der Waals surface area contributed by atoms with Gasteiger partial charge in [0.15, 0.2) is 0 Å². The number of rotatable bonds is 2. The third kappa shape index (κ3) is 2.71. The van der Waals surface area contributed by atoms with Crippen molar-refractivity contribution in [3.05, 3.63) is 58.0 Å². The molecule has 5 heteroatoms. The van der Waals surface area contributed by atoms with E-state index in [1.807, 2.05) is 41.8 Å². The average Bonchev–Trinajstić information content (AvgIpc) is 2.89. The first kappa shape index (κ1) is 12.4.